The fourth-order valence-corrected chi connectivity index (χ4v) is 5.22. The van der Waals surface area contributed by atoms with E-state index in [1.54, 1.807) is 72.8 Å². The third kappa shape index (κ3) is 13.2. The van der Waals surface area contributed by atoms with Gasteiger partial charge in [0.15, 0.2) is 0 Å². The molecule has 0 aromatic heterocycles. The van der Waals surface area contributed by atoms with Crippen molar-refractivity contribution in [2.45, 2.75) is 77.0 Å². The third-order valence-electron chi connectivity index (χ3n) is 7.99. The summed E-state index contributed by atoms with van der Waals surface area (Å²) < 4.78 is 21.5. The number of nitrogens with zero attached hydrogens (tertiary/aromatic N) is 2. The first-order chi connectivity index (χ1) is 25.3. The van der Waals surface area contributed by atoms with Gasteiger partial charge >= 0.3 is 23.9 Å². The van der Waals surface area contributed by atoms with E-state index in [2.05, 4.69) is 0 Å². The lowest BCUT2D eigenvalue weighted by molar-refractivity contribution is -0.135. The van der Waals surface area contributed by atoms with Crippen molar-refractivity contribution in [3.05, 3.63) is 108 Å². The van der Waals surface area contributed by atoms with Crippen LogP contribution in [0.2, 0.25) is 0 Å². The molecule has 52 heavy (non-hydrogen) atoms. The fraction of sp³-hybridized carbons (Fsp3) is 0.286. The van der Waals surface area contributed by atoms with Crippen LogP contribution in [-0.2, 0) is 19.2 Å². The van der Waals surface area contributed by atoms with Gasteiger partial charge in [-0.15, -0.1) is 0 Å². The molecular weight excluding hydrogens is 660 g/mol. The molecule has 0 amide bonds. The lowest BCUT2D eigenvalue weighted by Gasteiger charge is -2.08. The van der Waals surface area contributed by atoms with Crippen molar-refractivity contribution in [1.29, 1.82) is 10.5 Å². The molecule has 0 unspecified atom stereocenters. The maximum Gasteiger partial charge on any atom is 0.311 e. The minimum Gasteiger partial charge on any atom is -0.427 e. The van der Waals surface area contributed by atoms with Crippen LogP contribution in [0, 0.1) is 22.7 Å². The van der Waals surface area contributed by atoms with E-state index in [9.17, 15) is 19.2 Å². The average Bonchev–Trinajstić information content (AvgIpc) is 3.15. The summed E-state index contributed by atoms with van der Waals surface area (Å²) >= 11 is 0. The summed E-state index contributed by atoms with van der Waals surface area (Å²) in [6.45, 7) is 0. The minimum absolute atomic E-state index is 0.234. The van der Waals surface area contributed by atoms with E-state index in [1.165, 1.54) is 0 Å². The lowest BCUT2D eigenvalue weighted by Crippen LogP contribution is -2.09. The van der Waals surface area contributed by atoms with E-state index in [-0.39, 0.29) is 61.1 Å². The topological polar surface area (TPSA) is 153 Å². The summed E-state index contributed by atoms with van der Waals surface area (Å²) in [7, 11) is 0. The maximum atomic E-state index is 12.3. The van der Waals surface area contributed by atoms with Gasteiger partial charge in [0.1, 0.15) is 35.1 Å². The van der Waals surface area contributed by atoms with Crippen molar-refractivity contribution in [3.8, 4) is 46.3 Å². The van der Waals surface area contributed by atoms with Gasteiger partial charge in [0, 0.05) is 25.7 Å². The summed E-state index contributed by atoms with van der Waals surface area (Å²) in [4.78, 5) is 48.8. The molecule has 0 fully saturated rings. The summed E-state index contributed by atoms with van der Waals surface area (Å²) in [6.07, 6.45) is 6.58. The van der Waals surface area contributed by atoms with Crippen LogP contribution in [0.3, 0.4) is 0 Å². The standard InChI is InChI=1S/C42H40N2O8/c43-29-33-13-9-11-15-37(33)51-41(47)19-7-3-1-5-17-39(45)49-35-25-21-31(22-26-35)32-23-27-36(28-24-32)50-40(46)18-6-2-4-8-20-42(48)52-38-16-12-10-14-34(38)30-44/h9-16,21-28H,1-8,17-20H2. The number of ether oxygens (including phenoxy) is 4. The Bertz CT molecular complexity index is 1750. The molecule has 10 heteroatoms. The highest BCUT2D eigenvalue weighted by molar-refractivity contribution is 5.75. The Balaban J connectivity index is 1.05. The van der Waals surface area contributed by atoms with E-state index >= 15 is 0 Å². The Labute approximate surface area is 303 Å². The molecule has 0 radical (unpaired) electrons. The summed E-state index contributed by atoms with van der Waals surface area (Å²) in [5, 5.41) is 18.2. The summed E-state index contributed by atoms with van der Waals surface area (Å²) in [6, 6.07) is 31.5. The quantitative estimate of drug-likeness (QED) is 0.0527. The molecule has 0 spiro atoms. The predicted octanol–water partition coefficient (Wildman–Crippen LogP) is 8.80. The van der Waals surface area contributed by atoms with Gasteiger partial charge in [-0.2, -0.15) is 10.5 Å². The van der Waals surface area contributed by atoms with Crippen molar-refractivity contribution in [2.24, 2.45) is 0 Å². The number of unbranched alkanes of at least 4 members (excludes halogenated alkanes) is 6. The van der Waals surface area contributed by atoms with E-state index in [0.29, 0.717) is 48.3 Å². The Kier molecular flexibility index (Phi) is 15.6. The predicted molar refractivity (Wildman–Crippen MR) is 192 cm³/mol. The van der Waals surface area contributed by atoms with Gasteiger partial charge in [0.05, 0.1) is 11.1 Å². The van der Waals surface area contributed by atoms with E-state index in [0.717, 1.165) is 36.8 Å². The molecule has 10 nitrogen and oxygen atoms in total. The Hall–Kier alpha value is -6.26. The zero-order valence-electron chi connectivity index (χ0n) is 28.9. The Morgan fingerprint density at radius 2 is 0.712 bits per heavy atom. The lowest BCUT2D eigenvalue weighted by atomic mass is 10.1. The number of rotatable bonds is 19. The molecule has 0 N–H and O–H groups in total. The Morgan fingerprint density at radius 3 is 1.04 bits per heavy atom. The number of carbonyl (C=O) groups is 4. The number of esters is 4. The van der Waals surface area contributed by atoms with E-state index < -0.39 is 0 Å². The molecule has 0 aliphatic heterocycles. The van der Waals surface area contributed by atoms with Gasteiger partial charge in [0.2, 0.25) is 0 Å². The number of benzene rings is 4. The highest BCUT2D eigenvalue weighted by atomic mass is 16.5. The summed E-state index contributed by atoms with van der Waals surface area (Å²) in [5.41, 5.74) is 2.45. The van der Waals surface area contributed by atoms with Crippen LogP contribution in [0.15, 0.2) is 97.1 Å². The molecule has 266 valence electrons. The number of carbonyl (C=O) groups excluding carboxylic acids is 4. The molecule has 0 saturated heterocycles. The zero-order chi connectivity index (χ0) is 37.0. The monoisotopic (exact) mass is 700 g/mol. The van der Waals surface area contributed by atoms with Gasteiger partial charge in [0.25, 0.3) is 0 Å². The fourth-order valence-electron chi connectivity index (χ4n) is 5.22. The number of hydrogen-bond acceptors (Lipinski definition) is 10. The van der Waals surface area contributed by atoms with Crippen LogP contribution in [0.1, 0.15) is 88.2 Å². The maximum absolute atomic E-state index is 12.3. The zero-order valence-corrected chi connectivity index (χ0v) is 28.9. The van der Waals surface area contributed by atoms with Crippen LogP contribution in [0.4, 0.5) is 0 Å². The van der Waals surface area contributed by atoms with Crippen LogP contribution in [0.5, 0.6) is 23.0 Å². The van der Waals surface area contributed by atoms with Crippen LogP contribution in [-0.4, -0.2) is 23.9 Å². The minimum atomic E-state index is -0.388. The third-order valence-corrected chi connectivity index (χ3v) is 7.99. The number of para-hydroxylation sites is 2. The van der Waals surface area contributed by atoms with Gasteiger partial charge in [-0.3, -0.25) is 19.2 Å². The van der Waals surface area contributed by atoms with Gasteiger partial charge in [-0.05, 0) is 85.3 Å². The number of nitriles is 2. The van der Waals surface area contributed by atoms with E-state index in [1.807, 2.05) is 36.4 Å². The molecule has 4 aromatic rings. The van der Waals surface area contributed by atoms with Crippen molar-refractivity contribution in [1.82, 2.24) is 0 Å². The second-order valence-electron chi connectivity index (χ2n) is 12.0. The second kappa shape index (κ2) is 21.1. The van der Waals surface area contributed by atoms with E-state index in [4.69, 9.17) is 29.5 Å². The molecule has 4 rings (SSSR count). The van der Waals surface area contributed by atoms with Crippen molar-refractivity contribution >= 4 is 23.9 Å². The molecule has 0 heterocycles. The highest BCUT2D eigenvalue weighted by Crippen LogP contribution is 2.26. The second-order valence-corrected chi connectivity index (χ2v) is 12.0. The summed E-state index contributed by atoms with van der Waals surface area (Å²) in [5.74, 6) is -0.0139. The molecule has 0 bridgehead atoms. The van der Waals surface area contributed by atoms with Gasteiger partial charge in [-0.1, -0.05) is 74.2 Å². The van der Waals surface area contributed by atoms with Gasteiger partial charge in [-0.25, -0.2) is 0 Å². The SMILES string of the molecule is N#Cc1ccccc1OC(=O)CCCCCCC(=O)Oc1ccc(-c2ccc(OC(=O)CCCCCCC(=O)Oc3ccccc3C#N)cc2)cc1. The first-order valence-corrected chi connectivity index (χ1v) is 17.4. The average molecular weight is 701 g/mol. The first-order valence-electron chi connectivity index (χ1n) is 17.4. The molecule has 0 saturated carbocycles. The first kappa shape index (κ1) is 38.5. The van der Waals surface area contributed by atoms with Crippen LogP contribution in [0.25, 0.3) is 11.1 Å². The Morgan fingerprint density at radius 1 is 0.404 bits per heavy atom. The molecule has 0 aliphatic rings. The normalized spacial score (nSPS) is 10.3. The number of hydrogen-bond donors (Lipinski definition) is 0. The van der Waals surface area contributed by atoms with Crippen LogP contribution < -0.4 is 18.9 Å². The largest absolute Gasteiger partial charge is 0.427 e. The van der Waals surface area contributed by atoms with Gasteiger partial charge < -0.3 is 18.9 Å². The molecular formula is C42H40N2O8. The van der Waals surface area contributed by atoms with Crippen molar-refractivity contribution in [2.75, 3.05) is 0 Å². The molecule has 0 aliphatic carbocycles. The van der Waals surface area contributed by atoms with Crippen molar-refractivity contribution < 1.29 is 38.1 Å². The molecule has 4 aromatic carbocycles. The highest BCUT2D eigenvalue weighted by Gasteiger charge is 2.12. The molecule has 0 atom stereocenters. The van der Waals surface area contributed by atoms with Crippen molar-refractivity contribution in [3.63, 3.8) is 0 Å². The smallest absolute Gasteiger partial charge is 0.311 e. The van der Waals surface area contributed by atoms with Crippen LogP contribution >= 0.6 is 0 Å².